The van der Waals surface area contributed by atoms with Gasteiger partial charge < -0.3 is 4.74 Å². The van der Waals surface area contributed by atoms with Crippen LogP contribution in [0.5, 0.6) is 5.75 Å². The van der Waals surface area contributed by atoms with Crippen LogP contribution < -0.4 is 4.74 Å². The van der Waals surface area contributed by atoms with Crippen molar-refractivity contribution in [2.45, 2.75) is 40.2 Å². The summed E-state index contributed by atoms with van der Waals surface area (Å²) >= 11 is 0. The molecule has 4 nitrogen and oxygen atoms in total. The Labute approximate surface area is 114 Å². The van der Waals surface area contributed by atoms with Crippen LogP contribution in [0.2, 0.25) is 0 Å². The number of nitrogens with zero attached hydrogens (tertiary/aromatic N) is 3. The minimum absolute atomic E-state index is 0.697. The smallest absolute Gasteiger partial charge is 0.122 e. The average molecular weight is 259 g/mol. The first-order valence-corrected chi connectivity index (χ1v) is 6.84. The molecule has 0 saturated carbocycles. The van der Waals surface area contributed by atoms with Gasteiger partial charge in [0.2, 0.25) is 0 Å². The van der Waals surface area contributed by atoms with Crippen LogP contribution in [0, 0.1) is 6.92 Å². The van der Waals surface area contributed by atoms with Gasteiger partial charge in [0, 0.05) is 12.7 Å². The summed E-state index contributed by atoms with van der Waals surface area (Å²) in [5.41, 5.74) is 3.54. The molecule has 0 aliphatic carbocycles. The van der Waals surface area contributed by atoms with Crippen LogP contribution in [0.3, 0.4) is 0 Å². The molecule has 0 saturated heterocycles. The molecule has 4 heteroatoms. The number of aryl methyl sites for hydroxylation is 4. The number of hydrogen-bond acceptors (Lipinski definition) is 3. The summed E-state index contributed by atoms with van der Waals surface area (Å²) in [4.78, 5) is 0. The van der Waals surface area contributed by atoms with E-state index in [9.17, 15) is 0 Å². The average Bonchev–Trinajstić information content (AvgIpc) is 2.87. The monoisotopic (exact) mass is 259 g/mol. The predicted molar refractivity (Wildman–Crippen MR) is 75.5 cm³/mol. The number of benzene rings is 1. The van der Waals surface area contributed by atoms with Crippen LogP contribution in [0.1, 0.15) is 30.7 Å². The van der Waals surface area contributed by atoms with Crippen molar-refractivity contribution in [1.29, 1.82) is 0 Å². The normalized spacial score (nSPS) is 10.7. The van der Waals surface area contributed by atoms with E-state index >= 15 is 0 Å². The highest BCUT2D eigenvalue weighted by Gasteiger charge is 2.06. The molecule has 0 bridgehead atoms. The van der Waals surface area contributed by atoms with Gasteiger partial charge in [0.15, 0.2) is 0 Å². The lowest BCUT2D eigenvalue weighted by molar-refractivity contribution is 0.336. The lowest BCUT2D eigenvalue weighted by Crippen LogP contribution is -1.99. The van der Waals surface area contributed by atoms with Gasteiger partial charge in [-0.2, -0.15) is 0 Å². The van der Waals surface area contributed by atoms with Gasteiger partial charge in [-0.3, -0.25) is 4.68 Å². The largest absolute Gasteiger partial charge is 0.494 e. The Kier molecular flexibility index (Phi) is 4.55. The molecule has 1 aromatic carbocycles. The maximum absolute atomic E-state index is 5.67. The zero-order valence-electron chi connectivity index (χ0n) is 11.9. The van der Waals surface area contributed by atoms with Gasteiger partial charge in [-0.25, -0.2) is 0 Å². The first-order chi connectivity index (χ1) is 9.22. The van der Waals surface area contributed by atoms with Crippen LogP contribution >= 0.6 is 0 Å². The second kappa shape index (κ2) is 6.36. The summed E-state index contributed by atoms with van der Waals surface area (Å²) in [6, 6.07) is 6.33. The summed E-state index contributed by atoms with van der Waals surface area (Å²) in [6.07, 6.45) is 3.83. The van der Waals surface area contributed by atoms with Gasteiger partial charge in [0.1, 0.15) is 5.75 Å². The van der Waals surface area contributed by atoms with E-state index in [1.54, 1.807) is 0 Å². The van der Waals surface area contributed by atoms with Crippen molar-refractivity contribution in [2.24, 2.45) is 0 Å². The third-order valence-corrected chi connectivity index (χ3v) is 3.08. The van der Waals surface area contributed by atoms with Crippen molar-refractivity contribution < 1.29 is 4.74 Å². The maximum Gasteiger partial charge on any atom is 0.122 e. The number of rotatable bonds is 6. The zero-order valence-corrected chi connectivity index (χ0v) is 11.9. The number of aromatic nitrogens is 3. The number of ether oxygens (including phenoxy) is 1. The Hall–Kier alpha value is -1.84. The van der Waals surface area contributed by atoms with Crippen molar-refractivity contribution in [2.75, 3.05) is 6.61 Å². The summed E-state index contributed by atoms with van der Waals surface area (Å²) in [7, 11) is 0. The third-order valence-electron chi connectivity index (χ3n) is 3.08. The van der Waals surface area contributed by atoms with Crippen molar-refractivity contribution >= 4 is 0 Å². The third kappa shape index (κ3) is 3.56. The van der Waals surface area contributed by atoms with Crippen molar-refractivity contribution in [3.63, 3.8) is 0 Å². The summed E-state index contributed by atoms with van der Waals surface area (Å²) in [5, 5.41) is 8.23. The van der Waals surface area contributed by atoms with Gasteiger partial charge in [-0.05, 0) is 45.2 Å². The molecule has 2 rings (SSSR count). The van der Waals surface area contributed by atoms with Crippen LogP contribution in [-0.4, -0.2) is 21.6 Å². The molecule has 0 amide bonds. The SMILES string of the molecule is CCOc1ccc(C)cc1CCc1cn(CC)nn1. The molecule has 0 spiro atoms. The Bertz CT molecular complexity index is 534. The molecule has 2 aromatic rings. The van der Waals surface area contributed by atoms with Crippen molar-refractivity contribution in [1.82, 2.24) is 15.0 Å². The first kappa shape index (κ1) is 13.6. The Balaban J connectivity index is 2.07. The summed E-state index contributed by atoms with van der Waals surface area (Å²) in [5.74, 6) is 0.982. The molecular weight excluding hydrogens is 238 g/mol. The maximum atomic E-state index is 5.67. The molecular formula is C15H21N3O. The van der Waals surface area contributed by atoms with Gasteiger partial charge in [-0.15, -0.1) is 5.10 Å². The Morgan fingerprint density at radius 3 is 2.74 bits per heavy atom. The lowest BCUT2D eigenvalue weighted by Gasteiger charge is -2.10. The zero-order chi connectivity index (χ0) is 13.7. The standard InChI is InChI=1S/C15H21N3O/c1-4-18-11-14(16-17-18)8-7-13-10-12(3)6-9-15(13)19-5-2/h6,9-11H,4-5,7-8H2,1-3H3. The highest BCUT2D eigenvalue weighted by Crippen LogP contribution is 2.21. The van der Waals surface area contributed by atoms with Crippen LogP contribution in [0.15, 0.2) is 24.4 Å². The van der Waals surface area contributed by atoms with E-state index in [1.807, 2.05) is 17.8 Å². The lowest BCUT2D eigenvalue weighted by atomic mass is 10.0. The minimum Gasteiger partial charge on any atom is -0.494 e. The minimum atomic E-state index is 0.697. The molecule has 0 fully saturated rings. The fourth-order valence-electron chi connectivity index (χ4n) is 2.07. The highest BCUT2D eigenvalue weighted by molar-refractivity contribution is 5.37. The highest BCUT2D eigenvalue weighted by atomic mass is 16.5. The molecule has 0 atom stereocenters. The van der Waals surface area contributed by atoms with Crippen LogP contribution in [-0.2, 0) is 19.4 Å². The van der Waals surface area contributed by atoms with E-state index in [4.69, 9.17) is 4.74 Å². The van der Waals surface area contributed by atoms with E-state index in [1.165, 1.54) is 11.1 Å². The molecule has 0 aliphatic heterocycles. The van der Waals surface area contributed by atoms with Gasteiger partial charge in [0.25, 0.3) is 0 Å². The molecule has 102 valence electrons. The van der Waals surface area contributed by atoms with Gasteiger partial charge >= 0.3 is 0 Å². The molecule has 0 aliphatic rings. The second-order valence-electron chi connectivity index (χ2n) is 4.61. The van der Waals surface area contributed by atoms with Crippen LogP contribution in [0.25, 0.3) is 0 Å². The van der Waals surface area contributed by atoms with Crippen molar-refractivity contribution in [3.8, 4) is 5.75 Å². The predicted octanol–water partition coefficient (Wildman–Crippen LogP) is 2.79. The van der Waals surface area contributed by atoms with Gasteiger partial charge in [-0.1, -0.05) is 22.9 Å². The molecule has 1 heterocycles. The summed E-state index contributed by atoms with van der Waals surface area (Å²) < 4.78 is 7.52. The topological polar surface area (TPSA) is 39.9 Å². The van der Waals surface area contributed by atoms with E-state index in [0.717, 1.165) is 30.8 Å². The van der Waals surface area contributed by atoms with E-state index in [0.29, 0.717) is 6.61 Å². The van der Waals surface area contributed by atoms with E-state index in [-0.39, 0.29) is 0 Å². The Morgan fingerprint density at radius 1 is 1.21 bits per heavy atom. The summed E-state index contributed by atoms with van der Waals surface area (Å²) in [6.45, 7) is 7.74. The second-order valence-corrected chi connectivity index (χ2v) is 4.61. The first-order valence-electron chi connectivity index (χ1n) is 6.84. The molecule has 19 heavy (non-hydrogen) atoms. The fraction of sp³-hybridized carbons (Fsp3) is 0.467. The van der Waals surface area contributed by atoms with E-state index in [2.05, 4.69) is 42.4 Å². The molecule has 0 radical (unpaired) electrons. The van der Waals surface area contributed by atoms with Crippen LogP contribution in [0.4, 0.5) is 0 Å². The molecule has 1 aromatic heterocycles. The molecule has 0 unspecified atom stereocenters. The Morgan fingerprint density at radius 2 is 2.05 bits per heavy atom. The van der Waals surface area contributed by atoms with Gasteiger partial charge in [0.05, 0.1) is 12.3 Å². The fourth-order valence-corrected chi connectivity index (χ4v) is 2.07. The quantitative estimate of drug-likeness (QED) is 0.801. The van der Waals surface area contributed by atoms with Crippen molar-refractivity contribution in [3.05, 3.63) is 41.2 Å². The van der Waals surface area contributed by atoms with E-state index < -0.39 is 0 Å². The number of hydrogen-bond donors (Lipinski definition) is 0. The molecule has 0 N–H and O–H groups in total.